The minimum Gasteiger partial charge on any atom is -0.412 e. The van der Waals surface area contributed by atoms with Gasteiger partial charge in [-0.2, -0.15) is 0 Å². The molecule has 43 heavy (non-hydrogen) atoms. The Labute approximate surface area is 263 Å². The molecule has 0 saturated heterocycles. The van der Waals surface area contributed by atoms with Gasteiger partial charge in [0.1, 0.15) is 5.69 Å². The number of rotatable bonds is 16. The Balaban J connectivity index is 2.26. The van der Waals surface area contributed by atoms with Crippen LogP contribution in [0.4, 0.5) is 0 Å². The van der Waals surface area contributed by atoms with Crippen LogP contribution < -0.4 is 0 Å². The molecule has 3 rings (SSSR count). The Kier molecular flexibility index (Phi) is 11.7. The molecule has 0 aliphatic heterocycles. The van der Waals surface area contributed by atoms with Gasteiger partial charge in [0.2, 0.25) is 8.32 Å². The molecule has 238 valence electrons. The molecule has 1 aromatic heterocycles. The standard InChI is InChI=1S/C36H55NO4SSi/c1-12-14-16-18-32(41-43(25(5)6,26(7)8)27(9)10)34-33(24(3)4)31-23-29(17-15-13-2)37(35(31)36(34)38)42(39,40)30-21-19-28(11)20-22-30/h12-13,19-27,32-34H,1-2,14-18H2,3-11H3/t32?,33-,34-/m1/s1. The van der Waals surface area contributed by atoms with Gasteiger partial charge in [-0.25, -0.2) is 12.4 Å². The molecule has 2 aromatic rings. The van der Waals surface area contributed by atoms with E-state index >= 15 is 0 Å². The van der Waals surface area contributed by atoms with Crippen LogP contribution in [0.5, 0.6) is 0 Å². The summed E-state index contributed by atoms with van der Waals surface area (Å²) in [6, 6.07) is 8.88. The second-order valence-corrected chi connectivity index (χ2v) is 20.9. The average Bonchev–Trinajstić information content (AvgIpc) is 3.43. The first-order valence-electron chi connectivity index (χ1n) is 16.2. The molecule has 0 fully saturated rings. The summed E-state index contributed by atoms with van der Waals surface area (Å²) in [5.74, 6) is -0.548. The van der Waals surface area contributed by atoms with Gasteiger partial charge < -0.3 is 4.43 Å². The third-order valence-electron chi connectivity index (χ3n) is 9.58. The summed E-state index contributed by atoms with van der Waals surface area (Å²) in [5, 5.41) is 0. The second kappa shape index (κ2) is 14.3. The molecule has 0 saturated carbocycles. The number of benzene rings is 1. The van der Waals surface area contributed by atoms with E-state index < -0.39 is 24.3 Å². The Morgan fingerprint density at radius 1 is 0.907 bits per heavy atom. The van der Waals surface area contributed by atoms with Crippen molar-refractivity contribution in [2.75, 3.05) is 0 Å². The lowest BCUT2D eigenvalue weighted by Gasteiger charge is -2.46. The van der Waals surface area contributed by atoms with Gasteiger partial charge in [-0.15, -0.1) is 13.2 Å². The van der Waals surface area contributed by atoms with E-state index in [2.05, 4.69) is 68.5 Å². The van der Waals surface area contributed by atoms with Crippen molar-refractivity contribution < 1.29 is 17.6 Å². The SMILES string of the molecule is C=CCCCC(O[Si](C(C)C)(C(C)C)C(C)C)[C@H]1C(=O)c2c(cc(CCC=C)n2S(=O)(=O)c2ccc(C)cc2)[C@H]1C(C)C. The Morgan fingerprint density at radius 3 is 1.95 bits per heavy atom. The normalized spacial score (nSPS) is 18.2. The minimum atomic E-state index is -4.01. The van der Waals surface area contributed by atoms with Gasteiger partial charge in [0.05, 0.1) is 16.9 Å². The molecule has 1 aliphatic carbocycles. The number of allylic oxidation sites excluding steroid dienone is 2. The third-order valence-corrected chi connectivity index (χ3v) is 17.5. The summed E-state index contributed by atoms with van der Waals surface area (Å²) < 4.78 is 37.4. The van der Waals surface area contributed by atoms with Crippen LogP contribution in [-0.4, -0.2) is 32.6 Å². The van der Waals surface area contributed by atoms with Crippen LogP contribution in [0.3, 0.4) is 0 Å². The summed E-state index contributed by atoms with van der Waals surface area (Å²) in [5.41, 5.74) is 3.90. The molecule has 1 aromatic carbocycles. The first-order chi connectivity index (χ1) is 20.2. The first-order valence-corrected chi connectivity index (χ1v) is 19.7. The lowest BCUT2D eigenvalue weighted by molar-refractivity contribution is 0.0594. The molecule has 1 aliphatic rings. The summed E-state index contributed by atoms with van der Waals surface area (Å²) in [7, 11) is -6.36. The van der Waals surface area contributed by atoms with E-state index in [-0.39, 0.29) is 28.6 Å². The molecule has 5 nitrogen and oxygen atoms in total. The van der Waals surface area contributed by atoms with Crippen LogP contribution in [0, 0.1) is 18.8 Å². The van der Waals surface area contributed by atoms with Crippen LogP contribution in [0.2, 0.25) is 16.6 Å². The quantitative estimate of drug-likeness (QED) is 0.106. The number of ketones is 1. The summed E-state index contributed by atoms with van der Waals surface area (Å²) in [4.78, 5) is 15.0. The molecule has 1 heterocycles. The van der Waals surface area contributed by atoms with Crippen LogP contribution in [-0.2, 0) is 20.9 Å². The molecular weight excluding hydrogens is 571 g/mol. The zero-order valence-corrected chi connectivity index (χ0v) is 29.8. The highest BCUT2D eigenvalue weighted by Gasteiger charge is 2.53. The van der Waals surface area contributed by atoms with Gasteiger partial charge in [-0.3, -0.25) is 4.79 Å². The molecule has 7 heteroatoms. The van der Waals surface area contributed by atoms with E-state index in [1.54, 1.807) is 30.3 Å². The topological polar surface area (TPSA) is 65.4 Å². The molecular formula is C36H55NO4SSi. The average molecular weight is 626 g/mol. The van der Waals surface area contributed by atoms with Crippen molar-refractivity contribution >= 4 is 24.1 Å². The van der Waals surface area contributed by atoms with E-state index in [0.717, 1.165) is 30.4 Å². The van der Waals surface area contributed by atoms with E-state index in [4.69, 9.17) is 4.43 Å². The number of aromatic nitrogens is 1. The number of fused-ring (bicyclic) bond motifs is 1. The molecule has 0 bridgehead atoms. The smallest absolute Gasteiger partial charge is 0.268 e. The van der Waals surface area contributed by atoms with Gasteiger partial charge in [-0.05, 0) is 85.3 Å². The highest BCUT2D eigenvalue weighted by molar-refractivity contribution is 7.90. The summed E-state index contributed by atoms with van der Waals surface area (Å²) in [6.07, 6.45) is 7.00. The summed E-state index contributed by atoms with van der Waals surface area (Å²) >= 11 is 0. The number of carbonyl (C=O) groups excluding carboxylic acids is 1. The third kappa shape index (κ3) is 6.74. The number of unbranched alkanes of at least 4 members (excludes halogenated alkanes) is 1. The van der Waals surface area contributed by atoms with Gasteiger partial charge in [0.15, 0.2) is 5.78 Å². The Bertz CT molecular complexity index is 1360. The van der Waals surface area contributed by atoms with Crippen molar-refractivity contribution in [2.24, 2.45) is 11.8 Å². The fraction of sp³-hybridized carbons (Fsp3) is 0.583. The highest BCUT2D eigenvalue weighted by Crippen LogP contribution is 2.51. The molecule has 3 atom stereocenters. The molecule has 0 amide bonds. The van der Waals surface area contributed by atoms with Crippen molar-refractivity contribution in [3.63, 3.8) is 0 Å². The zero-order chi connectivity index (χ0) is 32.3. The lowest BCUT2D eigenvalue weighted by Crippen LogP contribution is -2.52. The van der Waals surface area contributed by atoms with Crippen molar-refractivity contribution in [2.45, 2.75) is 128 Å². The lowest BCUT2D eigenvalue weighted by atomic mass is 9.79. The monoisotopic (exact) mass is 625 g/mol. The predicted octanol–water partition coefficient (Wildman–Crippen LogP) is 9.62. The number of hydrogen-bond acceptors (Lipinski definition) is 4. The highest BCUT2D eigenvalue weighted by atomic mass is 32.2. The predicted molar refractivity (Wildman–Crippen MR) is 182 cm³/mol. The first kappa shape index (κ1) is 35.3. The fourth-order valence-electron chi connectivity index (χ4n) is 7.71. The number of Topliss-reactive ketones (excluding diaryl/α,β-unsaturated/α-hetero) is 1. The second-order valence-electron chi connectivity index (χ2n) is 13.7. The van der Waals surface area contributed by atoms with Crippen LogP contribution in [0.25, 0.3) is 0 Å². The van der Waals surface area contributed by atoms with Crippen molar-refractivity contribution in [3.05, 3.63) is 78.2 Å². The number of nitrogens with zero attached hydrogens (tertiary/aromatic N) is 1. The molecule has 1 unspecified atom stereocenters. The van der Waals surface area contributed by atoms with Gasteiger partial charge in [0, 0.05) is 11.6 Å². The van der Waals surface area contributed by atoms with Crippen LogP contribution in [0.1, 0.15) is 114 Å². The molecule has 0 radical (unpaired) electrons. The van der Waals surface area contributed by atoms with Gasteiger partial charge in [0.25, 0.3) is 10.0 Å². The van der Waals surface area contributed by atoms with Crippen molar-refractivity contribution in [1.29, 1.82) is 0 Å². The van der Waals surface area contributed by atoms with Gasteiger partial charge >= 0.3 is 0 Å². The zero-order valence-electron chi connectivity index (χ0n) is 28.0. The Hall–Kier alpha value is -2.22. The minimum absolute atomic E-state index is 0.1000. The van der Waals surface area contributed by atoms with Crippen molar-refractivity contribution in [3.8, 4) is 0 Å². The fourth-order valence-corrected chi connectivity index (χ4v) is 14.9. The van der Waals surface area contributed by atoms with E-state index in [9.17, 15) is 13.2 Å². The summed E-state index contributed by atoms with van der Waals surface area (Å²) in [6.45, 7) is 27.6. The van der Waals surface area contributed by atoms with Gasteiger partial charge in [-0.1, -0.05) is 85.2 Å². The van der Waals surface area contributed by atoms with E-state index in [0.29, 0.717) is 40.9 Å². The van der Waals surface area contributed by atoms with E-state index in [1.807, 2.05) is 19.1 Å². The van der Waals surface area contributed by atoms with Crippen molar-refractivity contribution in [1.82, 2.24) is 3.97 Å². The maximum atomic E-state index is 14.8. The molecule has 0 spiro atoms. The maximum Gasteiger partial charge on any atom is 0.268 e. The number of carbonyl (C=O) groups is 1. The van der Waals surface area contributed by atoms with Crippen LogP contribution >= 0.6 is 0 Å². The number of hydrogen-bond donors (Lipinski definition) is 0. The van der Waals surface area contributed by atoms with Crippen LogP contribution in [0.15, 0.2) is 60.5 Å². The largest absolute Gasteiger partial charge is 0.412 e. The Morgan fingerprint density at radius 2 is 1.47 bits per heavy atom. The molecule has 0 N–H and O–H groups in total. The number of aryl methyl sites for hydroxylation is 2. The van der Waals surface area contributed by atoms with E-state index in [1.165, 1.54) is 3.97 Å². The maximum absolute atomic E-state index is 14.8.